The Morgan fingerprint density at radius 1 is 1.17 bits per heavy atom. The van der Waals surface area contributed by atoms with Gasteiger partial charge in [-0.3, -0.25) is 19.2 Å². The Balaban J connectivity index is 1.42. The summed E-state index contributed by atoms with van der Waals surface area (Å²) in [6.45, 7) is 4.15. The summed E-state index contributed by atoms with van der Waals surface area (Å²) >= 11 is 0. The lowest BCUT2D eigenvalue weighted by atomic mass is 9.95. The van der Waals surface area contributed by atoms with E-state index in [4.69, 9.17) is 14.8 Å². The predicted octanol–water partition coefficient (Wildman–Crippen LogP) is 3.91. The van der Waals surface area contributed by atoms with Crippen LogP contribution >= 0.6 is 0 Å². The Bertz CT molecular complexity index is 1280. The molecule has 2 N–H and O–H groups in total. The van der Waals surface area contributed by atoms with Gasteiger partial charge in [0.2, 0.25) is 0 Å². The number of nitrogens with one attached hydrogen (secondary N) is 1. The molecule has 1 aliphatic heterocycles. The topological polar surface area (TPSA) is 113 Å². The number of H-pyrrole nitrogens is 1. The Labute approximate surface area is 204 Å². The highest BCUT2D eigenvalue weighted by Gasteiger charge is 2.25. The molecule has 3 heterocycles. The van der Waals surface area contributed by atoms with Crippen molar-refractivity contribution < 1.29 is 14.6 Å². The molecule has 1 aliphatic carbocycles. The number of likely N-dealkylation sites (tertiary alicyclic amines) is 1. The Kier molecular flexibility index (Phi) is 6.60. The van der Waals surface area contributed by atoms with E-state index in [1.165, 1.54) is 6.42 Å². The third kappa shape index (κ3) is 4.69. The monoisotopic (exact) mass is 479 g/mol. The molecule has 1 saturated carbocycles. The second-order valence-electron chi connectivity index (χ2n) is 9.86. The van der Waals surface area contributed by atoms with E-state index in [0.717, 1.165) is 62.1 Å². The molecule has 0 atom stereocenters. The first-order chi connectivity index (χ1) is 16.9. The van der Waals surface area contributed by atoms with Crippen molar-refractivity contribution in [3.8, 4) is 17.1 Å². The van der Waals surface area contributed by atoms with E-state index in [1.54, 1.807) is 7.11 Å². The highest BCUT2D eigenvalue weighted by Crippen LogP contribution is 2.33. The van der Waals surface area contributed by atoms with Gasteiger partial charge >= 0.3 is 5.97 Å². The van der Waals surface area contributed by atoms with Crippen molar-refractivity contribution in [1.82, 2.24) is 24.6 Å². The van der Waals surface area contributed by atoms with Crippen molar-refractivity contribution in [1.29, 1.82) is 0 Å². The molecule has 9 heteroatoms. The molecule has 5 rings (SSSR count). The number of aromatic amines is 1. The number of methoxy groups -OCH3 is 1. The van der Waals surface area contributed by atoms with Gasteiger partial charge in [-0.2, -0.15) is 5.10 Å². The summed E-state index contributed by atoms with van der Waals surface area (Å²) in [4.78, 5) is 34.5. The van der Waals surface area contributed by atoms with Gasteiger partial charge in [0.05, 0.1) is 30.3 Å². The van der Waals surface area contributed by atoms with Gasteiger partial charge in [-0.1, -0.05) is 25.3 Å². The number of benzene rings is 1. The molecule has 3 aromatic rings. The molecule has 0 spiro atoms. The summed E-state index contributed by atoms with van der Waals surface area (Å²) in [6, 6.07) is 6.18. The van der Waals surface area contributed by atoms with Crippen molar-refractivity contribution >= 4 is 17.0 Å². The second-order valence-corrected chi connectivity index (χ2v) is 9.86. The number of rotatable bonds is 6. The van der Waals surface area contributed by atoms with Crippen LogP contribution in [-0.2, 0) is 11.3 Å². The zero-order chi connectivity index (χ0) is 24.5. The number of hydrogen-bond donors (Lipinski definition) is 2. The number of aryl methyl sites for hydroxylation is 1. The van der Waals surface area contributed by atoms with E-state index in [2.05, 4.69) is 9.88 Å². The number of nitrogens with zero attached hydrogens (tertiary/aromatic N) is 4. The molecule has 0 bridgehead atoms. The van der Waals surface area contributed by atoms with Gasteiger partial charge in [0, 0.05) is 6.54 Å². The highest BCUT2D eigenvalue weighted by molar-refractivity contribution is 5.79. The van der Waals surface area contributed by atoms with E-state index >= 15 is 0 Å². The predicted molar refractivity (Wildman–Crippen MR) is 133 cm³/mol. The molecule has 1 aromatic carbocycles. The first-order valence-electron chi connectivity index (χ1n) is 12.6. The number of aliphatic carboxylic acids is 1. The van der Waals surface area contributed by atoms with E-state index < -0.39 is 5.97 Å². The van der Waals surface area contributed by atoms with Crippen molar-refractivity contribution in [3.05, 3.63) is 39.8 Å². The summed E-state index contributed by atoms with van der Waals surface area (Å²) in [5.41, 5.74) is 3.58. The van der Waals surface area contributed by atoms with E-state index in [1.807, 2.05) is 29.8 Å². The molecule has 1 saturated heterocycles. The van der Waals surface area contributed by atoms with Crippen molar-refractivity contribution in [2.75, 3.05) is 20.2 Å². The minimum Gasteiger partial charge on any atom is -0.496 e. The Morgan fingerprint density at radius 3 is 2.60 bits per heavy atom. The average Bonchev–Trinajstić information content (AvgIpc) is 3.21. The molecule has 186 valence electrons. The summed E-state index contributed by atoms with van der Waals surface area (Å²) in [6.07, 6.45) is 6.99. The fourth-order valence-corrected chi connectivity index (χ4v) is 5.53. The summed E-state index contributed by atoms with van der Waals surface area (Å²) in [5.74, 6) is 0.169. The van der Waals surface area contributed by atoms with Gasteiger partial charge in [-0.15, -0.1) is 0 Å². The van der Waals surface area contributed by atoms with Crippen LogP contribution in [0.1, 0.15) is 62.2 Å². The fraction of sp³-hybridized carbons (Fsp3) is 0.538. The molecule has 0 amide bonds. The number of piperidine rings is 1. The lowest BCUT2D eigenvalue weighted by Gasteiger charge is -2.30. The highest BCUT2D eigenvalue weighted by atomic mass is 16.5. The molecule has 9 nitrogen and oxygen atoms in total. The molecule has 0 radical (unpaired) electrons. The van der Waals surface area contributed by atoms with Crippen LogP contribution in [0.5, 0.6) is 5.75 Å². The summed E-state index contributed by atoms with van der Waals surface area (Å²) < 4.78 is 7.58. The Hall–Kier alpha value is -3.20. The van der Waals surface area contributed by atoms with Crippen LogP contribution in [0.25, 0.3) is 22.4 Å². The lowest BCUT2D eigenvalue weighted by molar-refractivity contribution is -0.143. The number of ether oxygens (including phenoxy) is 1. The normalized spacial score (nSPS) is 18.2. The minimum absolute atomic E-state index is 0.177. The van der Waals surface area contributed by atoms with Crippen LogP contribution < -0.4 is 10.3 Å². The summed E-state index contributed by atoms with van der Waals surface area (Å²) in [5, 5.41) is 13.9. The quantitative estimate of drug-likeness (QED) is 0.551. The van der Waals surface area contributed by atoms with Crippen molar-refractivity contribution in [2.45, 2.75) is 64.5 Å². The van der Waals surface area contributed by atoms with Crippen LogP contribution in [0.15, 0.2) is 23.0 Å². The third-order valence-corrected chi connectivity index (χ3v) is 7.51. The molecule has 2 aliphatic rings. The SMILES string of the molecule is COc1cc(CN2CCC(C(=O)O)CC2)ccc1-c1nc2c(C)nn(C3CCCCC3)c2c(=O)[nH]1. The largest absolute Gasteiger partial charge is 0.496 e. The Morgan fingerprint density at radius 2 is 1.91 bits per heavy atom. The van der Waals surface area contributed by atoms with Crippen LogP contribution in [0.4, 0.5) is 0 Å². The fourth-order valence-electron chi connectivity index (χ4n) is 5.53. The first kappa shape index (κ1) is 23.5. The van der Waals surface area contributed by atoms with Crippen LogP contribution in [0.3, 0.4) is 0 Å². The van der Waals surface area contributed by atoms with Crippen LogP contribution in [-0.4, -0.2) is 55.9 Å². The third-order valence-electron chi connectivity index (χ3n) is 7.51. The first-order valence-corrected chi connectivity index (χ1v) is 12.6. The number of aromatic nitrogens is 4. The van der Waals surface area contributed by atoms with Crippen LogP contribution in [0, 0.1) is 12.8 Å². The average molecular weight is 480 g/mol. The number of carboxylic acids is 1. The molecule has 2 fully saturated rings. The van der Waals surface area contributed by atoms with Gasteiger partial charge in [0.15, 0.2) is 5.52 Å². The molecule has 35 heavy (non-hydrogen) atoms. The zero-order valence-electron chi connectivity index (χ0n) is 20.4. The van der Waals surface area contributed by atoms with E-state index in [-0.39, 0.29) is 17.5 Å². The van der Waals surface area contributed by atoms with Gasteiger partial charge in [-0.25, -0.2) is 4.98 Å². The number of carboxylic acid groups (broad SMARTS) is 1. The number of fused-ring (bicyclic) bond motifs is 1. The minimum atomic E-state index is -0.700. The van der Waals surface area contributed by atoms with Crippen LogP contribution in [0.2, 0.25) is 0 Å². The number of hydrogen-bond acceptors (Lipinski definition) is 6. The van der Waals surface area contributed by atoms with Gasteiger partial charge < -0.3 is 14.8 Å². The van der Waals surface area contributed by atoms with E-state index in [0.29, 0.717) is 35.4 Å². The molecule has 2 aromatic heterocycles. The maximum Gasteiger partial charge on any atom is 0.306 e. The van der Waals surface area contributed by atoms with Gasteiger partial charge in [-0.05, 0) is 63.4 Å². The van der Waals surface area contributed by atoms with Crippen molar-refractivity contribution in [3.63, 3.8) is 0 Å². The van der Waals surface area contributed by atoms with Gasteiger partial charge in [0.25, 0.3) is 5.56 Å². The second kappa shape index (κ2) is 9.81. The zero-order valence-corrected chi connectivity index (χ0v) is 20.4. The standard InChI is InChI=1S/C26H33N5O4/c1-16-22-23(31(29-16)19-6-4-3-5-7-19)25(32)28-24(27-22)20-9-8-17(14-21(20)35-2)15-30-12-10-18(11-13-30)26(33)34/h8-9,14,18-19H,3-7,10-13,15H2,1-2H3,(H,33,34)(H,27,28,32). The lowest BCUT2D eigenvalue weighted by Crippen LogP contribution is -2.35. The molecular weight excluding hydrogens is 446 g/mol. The maximum atomic E-state index is 13.2. The summed E-state index contributed by atoms with van der Waals surface area (Å²) in [7, 11) is 1.62. The van der Waals surface area contributed by atoms with E-state index in [9.17, 15) is 14.7 Å². The molecule has 0 unspecified atom stereocenters. The number of carbonyl (C=O) groups is 1. The maximum absolute atomic E-state index is 13.2. The van der Waals surface area contributed by atoms with Crippen molar-refractivity contribution in [2.24, 2.45) is 5.92 Å². The smallest absolute Gasteiger partial charge is 0.306 e. The molecular formula is C26H33N5O4. The van der Waals surface area contributed by atoms with Gasteiger partial charge in [0.1, 0.15) is 17.1 Å².